The predicted octanol–water partition coefficient (Wildman–Crippen LogP) is 3.02. The van der Waals surface area contributed by atoms with Crippen molar-refractivity contribution in [3.63, 3.8) is 0 Å². The first-order valence-corrected chi connectivity index (χ1v) is 8.30. The average molecular weight is 348 g/mol. The highest BCUT2D eigenvalue weighted by atomic mass is 16.3. The van der Waals surface area contributed by atoms with Crippen LogP contribution in [0, 0.1) is 0 Å². The maximum Gasteiger partial charge on any atom is 0.269 e. The normalized spacial score (nSPS) is 10.5. The second-order valence-corrected chi connectivity index (χ2v) is 5.82. The lowest BCUT2D eigenvalue weighted by molar-refractivity contribution is 0.0958. The molecule has 0 bridgehead atoms. The van der Waals surface area contributed by atoms with Crippen LogP contribution in [0.15, 0.2) is 48.8 Å². The average Bonchev–Trinajstić information content (AvgIpc) is 2.68. The lowest BCUT2D eigenvalue weighted by Gasteiger charge is -2.16. The fraction of sp³-hybridized carbons (Fsp3) is 0.150. The molecule has 4 N–H and O–H groups in total. The van der Waals surface area contributed by atoms with E-state index in [2.05, 4.69) is 22.2 Å². The number of aromatic nitrogens is 2. The lowest BCUT2D eigenvalue weighted by Crippen LogP contribution is -2.18. The van der Waals surface area contributed by atoms with Crippen molar-refractivity contribution in [2.75, 3.05) is 12.8 Å². The van der Waals surface area contributed by atoms with Crippen molar-refractivity contribution in [1.82, 2.24) is 15.3 Å². The summed E-state index contributed by atoms with van der Waals surface area (Å²) in [5.74, 6) is 0.405. The molecule has 6 heteroatoms. The molecule has 1 aromatic carbocycles. The number of carbonyl (C=O) groups is 1. The van der Waals surface area contributed by atoms with E-state index in [9.17, 15) is 9.90 Å². The molecule has 26 heavy (non-hydrogen) atoms. The van der Waals surface area contributed by atoms with Crippen LogP contribution in [0.1, 0.15) is 23.0 Å². The third kappa shape index (κ3) is 3.21. The van der Waals surface area contributed by atoms with Gasteiger partial charge in [0, 0.05) is 36.1 Å². The fourth-order valence-corrected chi connectivity index (χ4v) is 2.95. The molecule has 0 saturated carbocycles. The highest BCUT2D eigenvalue weighted by molar-refractivity contribution is 5.92. The minimum Gasteiger partial charge on any atom is -0.508 e. The summed E-state index contributed by atoms with van der Waals surface area (Å²) in [5, 5.41) is 12.1. The number of nitrogen functional groups attached to an aromatic ring is 1. The van der Waals surface area contributed by atoms with Crippen LogP contribution in [0.2, 0.25) is 0 Å². The highest BCUT2D eigenvalue weighted by Crippen LogP contribution is 2.36. The van der Waals surface area contributed by atoms with E-state index in [-0.39, 0.29) is 11.7 Å². The minimum atomic E-state index is -0.229. The largest absolute Gasteiger partial charge is 0.508 e. The first-order valence-electron chi connectivity index (χ1n) is 8.30. The smallest absolute Gasteiger partial charge is 0.269 e. The van der Waals surface area contributed by atoms with Gasteiger partial charge in [-0.15, -0.1) is 0 Å². The van der Waals surface area contributed by atoms with Gasteiger partial charge < -0.3 is 16.2 Å². The Morgan fingerprint density at radius 2 is 1.77 bits per heavy atom. The number of pyridine rings is 2. The molecule has 0 atom stereocenters. The van der Waals surface area contributed by atoms with E-state index in [0.717, 1.165) is 34.2 Å². The number of nitrogens with one attached hydrogen (secondary N) is 1. The summed E-state index contributed by atoms with van der Waals surface area (Å²) in [6, 6.07) is 10.4. The zero-order chi connectivity index (χ0) is 18.7. The molecule has 3 aromatic rings. The molecular formula is C20H20N4O2. The van der Waals surface area contributed by atoms with Crippen LogP contribution in [0.25, 0.3) is 22.3 Å². The first-order chi connectivity index (χ1) is 12.5. The quantitative estimate of drug-likeness (QED) is 0.673. The van der Waals surface area contributed by atoms with Crippen molar-refractivity contribution in [2.45, 2.75) is 13.3 Å². The topological polar surface area (TPSA) is 101 Å². The van der Waals surface area contributed by atoms with Gasteiger partial charge in [-0.25, -0.2) is 4.98 Å². The lowest BCUT2D eigenvalue weighted by atomic mass is 9.92. The Bertz CT molecular complexity index is 935. The van der Waals surface area contributed by atoms with Crippen LogP contribution in [0.4, 0.5) is 5.82 Å². The second kappa shape index (κ2) is 7.23. The molecule has 6 nitrogen and oxygen atoms in total. The molecule has 0 saturated heterocycles. The van der Waals surface area contributed by atoms with E-state index >= 15 is 0 Å². The van der Waals surface area contributed by atoms with Crippen molar-refractivity contribution in [3.05, 3.63) is 60.0 Å². The van der Waals surface area contributed by atoms with Crippen molar-refractivity contribution < 1.29 is 9.90 Å². The number of hydrogen-bond acceptors (Lipinski definition) is 5. The highest BCUT2D eigenvalue weighted by Gasteiger charge is 2.16. The van der Waals surface area contributed by atoms with Gasteiger partial charge in [0.25, 0.3) is 5.91 Å². The summed E-state index contributed by atoms with van der Waals surface area (Å²) in [6.45, 7) is 2.05. The standard InChI is InChI=1S/C20H20N4O2/c1-3-15-16(13-6-9-17(23-10-13)20(26)22-2)11-24-19(21)18(15)12-4-7-14(25)8-5-12/h4-11,25H,3H2,1-2H3,(H2,21,24)(H,22,26). The summed E-state index contributed by atoms with van der Waals surface area (Å²) < 4.78 is 0. The summed E-state index contributed by atoms with van der Waals surface area (Å²) >= 11 is 0. The van der Waals surface area contributed by atoms with Crippen molar-refractivity contribution in [1.29, 1.82) is 0 Å². The number of anilines is 1. The van der Waals surface area contributed by atoms with E-state index in [1.165, 1.54) is 0 Å². The molecule has 0 fully saturated rings. The zero-order valence-electron chi connectivity index (χ0n) is 14.7. The van der Waals surface area contributed by atoms with Gasteiger partial charge in [0.2, 0.25) is 0 Å². The zero-order valence-corrected chi connectivity index (χ0v) is 14.7. The number of hydrogen-bond donors (Lipinski definition) is 3. The number of rotatable bonds is 4. The molecule has 0 aliphatic heterocycles. The molecule has 2 heterocycles. The van der Waals surface area contributed by atoms with Crippen LogP contribution in [0.3, 0.4) is 0 Å². The van der Waals surface area contributed by atoms with Gasteiger partial charge in [-0.2, -0.15) is 0 Å². The molecule has 0 radical (unpaired) electrons. The Morgan fingerprint density at radius 3 is 2.35 bits per heavy atom. The summed E-state index contributed by atoms with van der Waals surface area (Å²) in [7, 11) is 1.57. The van der Waals surface area contributed by atoms with E-state index in [1.807, 2.05) is 18.2 Å². The van der Waals surface area contributed by atoms with Crippen molar-refractivity contribution >= 4 is 11.7 Å². The number of nitrogens with zero attached hydrogens (tertiary/aromatic N) is 2. The third-order valence-corrected chi connectivity index (χ3v) is 4.26. The molecule has 0 spiro atoms. The molecule has 1 amide bonds. The molecule has 3 rings (SSSR count). The van der Waals surface area contributed by atoms with Crippen molar-refractivity contribution in [2.24, 2.45) is 0 Å². The predicted molar refractivity (Wildman–Crippen MR) is 102 cm³/mol. The number of amides is 1. The van der Waals surface area contributed by atoms with Crippen molar-refractivity contribution in [3.8, 4) is 28.0 Å². The third-order valence-electron chi connectivity index (χ3n) is 4.26. The van der Waals surface area contributed by atoms with E-state index < -0.39 is 0 Å². The van der Waals surface area contributed by atoms with Crippen LogP contribution >= 0.6 is 0 Å². The van der Waals surface area contributed by atoms with Gasteiger partial charge in [0.15, 0.2) is 0 Å². The number of carbonyl (C=O) groups excluding carboxylic acids is 1. The summed E-state index contributed by atoms with van der Waals surface area (Å²) in [6.07, 6.45) is 4.14. The van der Waals surface area contributed by atoms with Crippen LogP contribution < -0.4 is 11.1 Å². The van der Waals surface area contributed by atoms with Gasteiger partial charge in [0.1, 0.15) is 17.3 Å². The number of phenolic OH excluding ortho intramolecular Hbond substituents is 1. The number of nitrogens with two attached hydrogens (primary N) is 1. The van der Waals surface area contributed by atoms with E-state index in [4.69, 9.17) is 5.73 Å². The molecular weight excluding hydrogens is 328 g/mol. The Hall–Kier alpha value is -3.41. The first kappa shape index (κ1) is 17.4. The maximum atomic E-state index is 11.7. The van der Waals surface area contributed by atoms with Gasteiger partial charge in [0.05, 0.1) is 0 Å². The fourth-order valence-electron chi connectivity index (χ4n) is 2.95. The summed E-state index contributed by atoms with van der Waals surface area (Å²) in [5.41, 5.74) is 11.1. The molecule has 132 valence electrons. The molecule has 0 unspecified atom stereocenters. The maximum absolute atomic E-state index is 11.7. The van der Waals surface area contributed by atoms with E-state index in [0.29, 0.717) is 11.5 Å². The van der Waals surface area contributed by atoms with E-state index in [1.54, 1.807) is 37.6 Å². The molecule has 0 aliphatic carbocycles. The van der Waals surface area contributed by atoms with Crippen LogP contribution in [0.5, 0.6) is 5.75 Å². The van der Waals surface area contributed by atoms with Gasteiger partial charge >= 0.3 is 0 Å². The van der Waals surface area contributed by atoms with Crippen LogP contribution in [-0.4, -0.2) is 28.0 Å². The number of phenols is 1. The molecule has 2 aromatic heterocycles. The Balaban J connectivity index is 2.12. The Labute approximate surface area is 151 Å². The summed E-state index contributed by atoms with van der Waals surface area (Å²) in [4.78, 5) is 20.3. The van der Waals surface area contributed by atoms with Gasteiger partial charge in [-0.3, -0.25) is 9.78 Å². The Morgan fingerprint density at radius 1 is 1.08 bits per heavy atom. The number of benzene rings is 1. The SMILES string of the molecule is CCc1c(-c2ccc(C(=O)NC)nc2)cnc(N)c1-c1ccc(O)cc1. The van der Waals surface area contributed by atoms with Gasteiger partial charge in [-0.05, 0) is 35.7 Å². The number of aromatic hydroxyl groups is 1. The minimum absolute atomic E-state index is 0.198. The monoisotopic (exact) mass is 348 g/mol. The molecule has 0 aliphatic rings. The van der Waals surface area contributed by atoms with Crippen LogP contribution in [-0.2, 0) is 6.42 Å². The Kier molecular flexibility index (Phi) is 4.84. The second-order valence-electron chi connectivity index (χ2n) is 5.82. The van der Waals surface area contributed by atoms with Gasteiger partial charge in [-0.1, -0.05) is 25.1 Å².